The summed E-state index contributed by atoms with van der Waals surface area (Å²) >= 11 is 5.90. The Bertz CT molecular complexity index is 549. The van der Waals surface area contributed by atoms with Crippen LogP contribution in [0.2, 0.25) is 5.02 Å². The first kappa shape index (κ1) is 12.6. The van der Waals surface area contributed by atoms with Gasteiger partial charge in [-0.3, -0.25) is 0 Å². The SMILES string of the molecule is Clc1cccc(OCc2ccc(CNC3CC3)o2)c1. The average Bonchev–Trinajstić information content (AvgIpc) is 3.13. The predicted molar refractivity (Wildman–Crippen MR) is 74.4 cm³/mol. The van der Waals surface area contributed by atoms with Gasteiger partial charge in [0.15, 0.2) is 0 Å². The topological polar surface area (TPSA) is 34.4 Å². The third-order valence-electron chi connectivity index (χ3n) is 3.04. The van der Waals surface area contributed by atoms with Crippen LogP contribution in [0, 0.1) is 0 Å². The molecule has 4 heteroatoms. The van der Waals surface area contributed by atoms with E-state index in [2.05, 4.69) is 5.32 Å². The van der Waals surface area contributed by atoms with E-state index < -0.39 is 0 Å². The molecule has 1 fully saturated rings. The molecule has 3 rings (SSSR count). The Balaban J connectivity index is 1.51. The summed E-state index contributed by atoms with van der Waals surface area (Å²) in [4.78, 5) is 0. The number of furan rings is 1. The van der Waals surface area contributed by atoms with Crippen LogP contribution in [0.4, 0.5) is 0 Å². The monoisotopic (exact) mass is 277 g/mol. The summed E-state index contributed by atoms with van der Waals surface area (Å²) in [7, 11) is 0. The van der Waals surface area contributed by atoms with Crippen LogP contribution in [0.15, 0.2) is 40.8 Å². The molecular formula is C15H16ClNO2. The minimum Gasteiger partial charge on any atom is -0.486 e. The fourth-order valence-electron chi connectivity index (χ4n) is 1.84. The van der Waals surface area contributed by atoms with Crippen molar-refractivity contribution in [3.63, 3.8) is 0 Å². The molecule has 0 amide bonds. The van der Waals surface area contributed by atoms with E-state index in [0.717, 1.165) is 23.8 Å². The number of halogens is 1. The van der Waals surface area contributed by atoms with E-state index >= 15 is 0 Å². The van der Waals surface area contributed by atoms with Gasteiger partial charge in [-0.2, -0.15) is 0 Å². The summed E-state index contributed by atoms with van der Waals surface area (Å²) in [6.07, 6.45) is 2.57. The number of rotatable bonds is 6. The second-order valence-electron chi connectivity index (χ2n) is 4.77. The van der Waals surface area contributed by atoms with Crippen LogP contribution in [-0.4, -0.2) is 6.04 Å². The Hall–Kier alpha value is -1.45. The van der Waals surface area contributed by atoms with E-state index in [1.165, 1.54) is 12.8 Å². The highest BCUT2D eigenvalue weighted by Crippen LogP contribution is 2.21. The Morgan fingerprint density at radius 2 is 2.05 bits per heavy atom. The van der Waals surface area contributed by atoms with Crippen molar-refractivity contribution in [2.75, 3.05) is 0 Å². The highest BCUT2D eigenvalue weighted by molar-refractivity contribution is 6.30. The molecule has 1 heterocycles. The molecule has 2 aromatic rings. The summed E-state index contributed by atoms with van der Waals surface area (Å²) in [6.45, 7) is 1.21. The zero-order valence-corrected chi connectivity index (χ0v) is 11.3. The van der Waals surface area contributed by atoms with Crippen molar-refractivity contribution in [3.8, 4) is 5.75 Å². The molecule has 0 bridgehead atoms. The number of ether oxygens (including phenoxy) is 1. The first-order chi connectivity index (χ1) is 9.29. The highest BCUT2D eigenvalue weighted by Gasteiger charge is 2.20. The van der Waals surface area contributed by atoms with Gasteiger partial charge >= 0.3 is 0 Å². The summed E-state index contributed by atoms with van der Waals surface area (Å²) in [6, 6.07) is 12.0. The minimum atomic E-state index is 0.420. The smallest absolute Gasteiger partial charge is 0.146 e. The fourth-order valence-corrected chi connectivity index (χ4v) is 2.02. The molecule has 0 spiro atoms. The molecule has 0 aliphatic heterocycles. The van der Waals surface area contributed by atoms with Crippen LogP contribution >= 0.6 is 11.6 Å². The number of benzene rings is 1. The molecule has 0 atom stereocenters. The van der Waals surface area contributed by atoms with Gasteiger partial charge in [-0.15, -0.1) is 0 Å². The maximum Gasteiger partial charge on any atom is 0.146 e. The van der Waals surface area contributed by atoms with Crippen molar-refractivity contribution >= 4 is 11.6 Å². The molecular weight excluding hydrogens is 262 g/mol. The van der Waals surface area contributed by atoms with Gasteiger partial charge in [0.1, 0.15) is 23.9 Å². The second-order valence-corrected chi connectivity index (χ2v) is 5.21. The van der Waals surface area contributed by atoms with Crippen molar-refractivity contribution in [2.45, 2.75) is 32.0 Å². The maximum atomic E-state index is 5.90. The van der Waals surface area contributed by atoms with Crippen molar-refractivity contribution in [2.24, 2.45) is 0 Å². The van der Waals surface area contributed by atoms with E-state index in [9.17, 15) is 0 Å². The molecule has 0 radical (unpaired) electrons. The molecule has 1 N–H and O–H groups in total. The quantitative estimate of drug-likeness (QED) is 0.873. The Kier molecular flexibility index (Phi) is 3.76. The number of hydrogen-bond acceptors (Lipinski definition) is 3. The van der Waals surface area contributed by atoms with Gasteiger partial charge in [-0.05, 0) is 43.2 Å². The Labute approximate surface area is 117 Å². The maximum absolute atomic E-state index is 5.90. The number of hydrogen-bond donors (Lipinski definition) is 1. The molecule has 0 unspecified atom stereocenters. The average molecular weight is 278 g/mol. The summed E-state index contributed by atoms with van der Waals surface area (Å²) in [5, 5.41) is 4.09. The molecule has 1 aliphatic carbocycles. The largest absolute Gasteiger partial charge is 0.486 e. The van der Waals surface area contributed by atoms with E-state index in [-0.39, 0.29) is 0 Å². The Morgan fingerprint density at radius 3 is 2.84 bits per heavy atom. The van der Waals surface area contributed by atoms with Crippen molar-refractivity contribution in [1.82, 2.24) is 5.32 Å². The van der Waals surface area contributed by atoms with Crippen molar-refractivity contribution < 1.29 is 9.15 Å². The van der Waals surface area contributed by atoms with Crippen LogP contribution in [0.25, 0.3) is 0 Å². The molecule has 100 valence electrons. The lowest BCUT2D eigenvalue weighted by Crippen LogP contribution is -2.14. The van der Waals surface area contributed by atoms with E-state index in [1.54, 1.807) is 6.07 Å². The summed E-state index contributed by atoms with van der Waals surface area (Å²) < 4.78 is 11.3. The van der Waals surface area contributed by atoms with E-state index in [4.69, 9.17) is 20.8 Å². The van der Waals surface area contributed by atoms with E-state index in [0.29, 0.717) is 17.7 Å². The summed E-state index contributed by atoms with van der Waals surface area (Å²) in [5.74, 6) is 2.53. The summed E-state index contributed by atoms with van der Waals surface area (Å²) in [5.41, 5.74) is 0. The van der Waals surface area contributed by atoms with Crippen LogP contribution in [0.5, 0.6) is 5.75 Å². The molecule has 3 nitrogen and oxygen atoms in total. The van der Waals surface area contributed by atoms with Crippen molar-refractivity contribution in [3.05, 3.63) is 52.9 Å². The first-order valence-electron chi connectivity index (χ1n) is 6.49. The fraction of sp³-hybridized carbons (Fsp3) is 0.333. The van der Waals surface area contributed by atoms with Crippen LogP contribution < -0.4 is 10.1 Å². The zero-order chi connectivity index (χ0) is 13.1. The number of nitrogens with one attached hydrogen (secondary N) is 1. The van der Waals surface area contributed by atoms with Gasteiger partial charge in [0.25, 0.3) is 0 Å². The molecule has 1 aromatic carbocycles. The van der Waals surface area contributed by atoms with Gasteiger partial charge in [-0.1, -0.05) is 17.7 Å². The predicted octanol–water partition coefficient (Wildman–Crippen LogP) is 3.76. The third-order valence-corrected chi connectivity index (χ3v) is 3.27. The lowest BCUT2D eigenvalue weighted by molar-refractivity contribution is 0.265. The first-order valence-corrected chi connectivity index (χ1v) is 6.87. The van der Waals surface area contributed by atoms with Gasteiger partial charge in [0, 0.05) is 11.1 Å². The minimum absolute atomic E-state index is 0.420. The highest BCUT2D eigenvalue weighted by atomic mass is 35.5. The van der Waals surface area contributed by atoms with Crippen LogP contribution in [0.3, 0.4) is 0 Å². The lowest BCUT2D eigenvalue weighted by Gasteiger charge is -2.04. The third kappa shape index (κ3) is 3.75. The van der Waals surface area contributed by atoms with Crippen molar-refractivity contribution in [1.29, 1.82) is 0 Å². The van der Waals surface area contributed by atoms with Gasteiger partial charge in [-0.25, -0.2) is 0 Å². The van der Waals surface area contributed by atoms with Gasteiger partial charge in [0.2, 0.25) is 0 Å². The molecule has 19 heavy (non-hydrogen) atoms. The molecule has 1 aromatic heterocycles. The standard InChI is InChI=1S/C15H16ClNO2/c16-11-2-1-3-13(8-11)18-10-15-7-6-14(19-15)9-17-12-4-5-12/h1-3,6-8,12,17H,4-5,9-10H2. The lowest BCUT2D eigenvalue weighted by atomic mass is 10.3. The van der Waals surface area contributed by atoms with E-state index in [1.807, 2.05) is 30.3 Å². The van der Waals surface area contributed by atoms with Crippen LogP contribution in [-0.2, 0) is 13.2 Å². The van der Waals surface area contributed by atoms with Gasteiger partial charge in [0.05, 0.1) is 6.54 Å². The molecule has 1 saturated carbocycles. The van der Waals surface area contributed by atoms with Gasteiger partial charge < -0.3 is 14.5 Å². The normalized spacial score (nSPS) is 14.6. The molecule has 1 aliphatic rings. The second kappa shape index (κ2) is 5.68. The van der Waals surface area contributed by atoms with Crippen LogP contribution in [0.1, 0.15) is 24.4 Å². The molecule has 0 saturated heterocycles. The Morgan fingerprint density at radius 1 is 1.21 bits per heavy atom. The zero-order valence-electron chi connectivity index (χ0n) is 10.6.